The summed E-state index contributed by atoms with van der Waals surface area (Å²) >= 11 is 6.34. The van der Waals surface area contributed by atoms with E-state index in [0.717, 1.165) is 0 Å². The van der Waals surface area contributed by atoms with Gasteiger partial charge >= 0.3 is 0 Å². The van der Waals surface area contributed by atoms with E-state index in [4.69, 9.17) is 28.0 Å². The maximum atomic E-state index is 13.2. The summed E-state index contributed by atoms with van der Waals surface area (Å²) in [6, 6.07) is 2.83. The van der Waals surface area contributed by atoms with Crippen molar-refractivity contribution in [3.8, 4) is 11.5 Å². The van der Waals surface area contributed by atoms with Crippen LogP contribution in [-0.2, 0) is 0 Å². The number of aliphatic hydroxyl groups is 1. The van der Waals surface area contributed by atoms with E-state index in [1.807, 2.05) is 0 Å². The van der Waals surface area contributed by atoms with E-state index < -0.39 is 17.6 Å². The molecule has 0 amide bonds. The Kier molecular flexibility index (Phi) is 5.27. The van der Waals surface area contributed by atoms with Gasteiger partial charge in [-0.15, -0.1) is 0 Å². The van der Waals surface area contributed by atoms with Gasteiger partial charge in [0.1, 0.15) is 52.5 Å². The zero-order chi connectivity index (χ0) is 20.2. The Morgan fingerprint density at radius 1 is 1.04 bits per heavy atom. The van der Waals surface area contributed by atoms with E-state index in [9.17, 15) is 20.1 Å². The van der Waals surface area contributed by atoms with Crippen molar-refractivity contribution in [3.05, 3.63) is 38.0 Å². The molecule has 3 rings (SSSR count). The fourth-order valence-electron chi connectivity index (χ4n) is 2.77. The van der Waals surface area contributed by atoms with Gasteiger partial charge < -0.3 is 19.7 Å². The minimum atomic E-state index is -1.16. The number of benzene rings is 2. The first kappa shape index (κ1) is 20.1. The number of halogens is 2. The highest BCUT2D eigenvalue weighted by Gasteiger charge is 2.28. The van der Waals surface area contributed by atoms with Gasteiger partial charge in [-0.1, -0.05) is 10.9 Å². The largest absolute Gasteiger partial charge is 0.509 e. The molecule has 1 heterocycles. The summed E-state index contributed by atoms with van der Waals surface area (Å²) in [7, 11) is 17.7. The highest BCUT2D eigenvalue weighted by Crippen LogP contribution is 2.36. The van der Waals surface area contributed by atoms with Gasteiger partial charge in [-0.3, -0.25) is 4.79 Å². The van der Waals surface area contributed by atoms with Gasteiger partial charge in [-0.2, -0.15) is 0 Å². The van der Waals surface area contributed by atoms with Crippen molar-refractivity contribution in [1.29, 1.82) is 0 Å². The first-order valence-corrected chi connectivity index (χ1v) is 9.17. The smallest absolute Gasteiger partial charge is 0.197 e. The Bertz CT molecular complexity index is 1090. The molecule has 0 saturated heterocycles. The number of aliphatic hydroxyl groups excluding tert-OH is 1. The molecule has 2 aromatic carbocycles. The summed E-state index contributed by atoms with van der Waals surface area (Å²) in [5.41, 5.74) is -0.366. The predicted octanol–water partition coefficient (Wildman–Crippen LogP) is 1.03. The third-order valence-electron chi connectivity index (χ3n) is 4.14. The van der Waals surface area contributed by atoms with E-state index in [-0.39, 0.29) is 58.9 Å². The summed E-state index contributed by atoms with van der Waals surface area (Å²) in [5.74, 6) is -1.14. The average molecular weight is 485 g/mol. The van der Waals surface area contributed by atoms with E-state index in [2.05, 4.69) is 31.9 Å². The summed E-state index contributed by atoms with van der Waals surface area (Å²) < 4.78 is 6.15. The molecule has 10 heteroatoms. The molecule has 0 spiro atoms. The van der Waals surface area contributed by atoms with Crippen LogP contribution in [0.1, 0.15) is 34.7 Å². The van der Waals surface area contributed by atoms with Crippen LogP contribution in [0.25, 0.3) is 11.0 Å². The Morgan fingerprint density at radius 3 is 2.11 bits per heavy atom. The molecule has 0 bridgehead atoms. The second-order valence-electron chi connectivity index (χ2n) is 5.93. The van der Waals surface area contributed by atoms with Crippen molar-refractivity contribution < 1.29 is 24.5 Å². The number of hydrogen-bond donors (Lipinski definition) is 3. The number of furan rings is 1. The number of ketones is 1. The van der Waals surface area contributed by atoms with Crippen LogP contribution in [0.2, 0.25) is 0 Å². The number of carbonyl (C=O) groups is 1. The maximum Gasteiger partial charge on any atom is 0.197 e. The standard InChI is InChI=1S/C17H9B3Br2O5/c1-4(23)16-9(13(24)5-2-6(21)14(25)7(22)3-5)8-10(18)11(19)15(26)12(20)17(8)27-16/h2-4,23,25-26H,1H3. The number of phenolic OH excluding ortho intramolecular Hbond substituents is 2. The molecule has 1 aromatic heterocycles. The second kappa shape index (κ2) is 7.07. The molecule has 5 nitrogen and oxygen atoms in total. The second-order valence-corrected chi connectivity index (χ2v) is 7.64. The predicted molar refractivity (Wildman–Crippen MR) is 112 cm³/mol. The van der Waals surface area contributed by atoms with E-state index in [1.165, 1.54) is 19.1 Å². The lowest BCUT2D eigenvalue weighted by molar-refractivity contribution is 0.102. The lowest BCUT2D eigenvalue weighted by atomic mass is 9.73. The molecule has 3 N–H and O–H groups in total. The SMILES string of the molecule is [B]c1c(O)c([B])c2oc(C(C)O)c(C(=O)c3cc(Br)c(O)c(Br)c3)c2c1[B]. The highest BCUT2D eigenvalue weighted by atomic mass is 79.9. The van der Waals surface area contributed by atoms with E-state index in [0.29, 0.717) is 0 Å². The third kappa shape index (κ3) is 3.13. The van der Waals surface area contributed by atoms with Gasteiger partial charge in [-0.05, 0) is 56.4 Å². The number of carbonyl (C=O) groups excluding carboxylic acids is 1. The van der Waals surface area contributed by atoms with Gasteiger partial charge in [0, 0.05) is 10.9 Å². The topological polar surface area (TPSA) is 90.9 Å². The molecular formula is C17H9B3Br2O5. The molecule has 1 unspecified atom stereocenters. The fourth-order valence-corrected chi connectivity index (χ4v) is 3.96. The van der Waals surface area contributed by atoms with Crippen LogP contribution < -0.4 is 16.4 Å². The fraction of sp³-hybridized carbons (Fsp3) is 0.118. The van der Waals surface area contributed by atoms with Crippen molar-refractivity contribution in [1.82, 2.24) is 0 Å². The Labute approximate surface area is 175 Å². The third-order valence-corrected chi connectivity index (χ3v) is 5.34. The van der Waals surface area contributed by atoms with Crippen molar-refractivity contribution in [3.63, 3.8) is 0 Å². The Morgan fingerprint density at radius 2 is 1.59 bits per heavy atom. The summed E-state index contributed by atoms with van der Waals surface area (Å²) in [6.45, 7) is 1.41. The van der Waals surface area contributed by atoms with Crippen molar-refractivity contribution in [2.45, 2.75) is 13.0 Å². The Hall–Kier alpha value is -1.64. The van der Waals surface area contributed by atoms with Crippen molar-refractivity contribution >= 4 is 88.5 Å². The molecule has 0 saturated carbocycles. The average Bonchev–Trinajstić information content (AvgIpc) is 3.02. The number of hydrogen-bond acceptors (Lipinski definition) is 5. The summed E-state index contributed by atoms with van der Waals surface area (Å²) in [5, 5.41) is 30.1. The molecule has 27 heavy (non-hydrogen) atoms. The maximum absolute atomic E-state index is 13.2. The minimum absolute atomic E-state index is 0.0274. The molecule has 0 fully saturated rings. The van der Waals surface area contributed by atoms with Crippen LogP contribution >= 0.6 is 31.9 Å². The van der Waals surface area contributed by atoms with Crippen molar-refractivity contribution in [2.75, 3.05) is 0 Å². The molecular weight excluding hydrogens is 476 g/mol. The van der Waals surface area contributed by atoms with Gasteiger partial charge in [0.25, 0.3) is 0 Å². The van der Waals surface area contributed by atoms with Gasteiger partial charge in [0.2, 0.25) is 0 Å². The van der Waals surface area contributed by atoms with E-state index >= 15 is 0 Å². The summed E-state index contributed by atoms with van der Waals surface area (Å²) in [6.07, 6.45) is -1.16. The lowest BCUT2D eigenvalue weighted by Crippen LogP contribution is -2.32. The number of phenols is 2. The molecule has 3 aromatic rings. The molecule has 0 aliphatic heterocycles. The quantitative estimate of drug-likeness (QED) is 0.381. The molecule has 130 valence electrons. The zero-order valence-electron chi connectivity index (χ0n) is 13.9. The number of aromatic hydroxyl groups is 2. The lowest BCUT2D eigenvalue weighted by Gasteiger charge is -2.11. The molecule has 6 radical (unpaired) electrons. The van der Waals surface area contributed by atoms with Gasteiger partial charge in [-0.25, -0.2) is 0 Å². The van der Waals surface area contributed by atoms with Crippen LogP contribution in [0.15, 0.2) is 25.5 Å². The first-order valence-electron chi connectivity index (χ1n) is 7.58. The molecule has 0 aliphatic carbocycles. The first-order chi connectivity index (χ1) is 12.6. The zero-order valence-corrected chi connectivity index (χ0v) is 17.1. The molecule has 1 atom stereocenters. The van der Waals surface area contributed by atoms with Crippen LogP contribution in [0.4, 0.5) is 0 Å². The number of rotatable bonds is 3. The normalized spacial score (nSPS) is 12.4. The van der Waals surface area contributed by atoms with Gasteiger partial charge in [0.15, 0.2) is 5.78 Å². The highest BCUT2D eigenvalue weighted by molar-refractivity contribution is 9.11. The monoisotopic (exact) mass is 484 g/mol. The number of fused-ring (bicyclic) bond motifs is 1. The van der Waals surface area contributed by atoms with Crippen LogP contribution in [0.5, 0.6) is 11.5 Å². The van der Waals surface area contributed by atoms with Crippen LogP contribution in [-0.4, -0.2) is 44.6 Å². The van der Waals surface area contributed by atoms with Crippen molar-refractivity contribution in [2.24, 2.45) is 0 Å². The minimum Gasteiger partial charge on any atom is -0.509 e. The van der Waals surface area contributed by atoms with E-state index in [1.54, 1.807) is 0 Å². The van der Waals surface area contributed by atoms with Gasteiger partial charge in [0.05, 0.1) is 14.5 Å². The van der Waals surface area contributed by atoms with Crippen LogP contribution in [0.3, 0.4) is 0 Å². The van der Waals surface area contributed by atoms with Crippen LogP contribution in [0, 0.1) is 0 Å². The Balaban J connectivity index is 2.40. The molecule has 0 aliphatic rings. The summed E-state index contributed by atoms with van der Waals surface area (Å²) in [4.78, 5) is 13.2.